The highest BCUT2D eigenvalue weighted by molar-refractivity contribution is 5.46. The average molecular weight is 211 g/mol. The summed E-state index contributed by atoms with van der Waals surface area (Å²) in [6, 6.07) is 0. The number of hydrogen-bond acceptors (Lipinski definition) is 3. The molecular weight excluding hydrogens is 190 g/mol. The number of hydrogen-bond donors (Lipinski definition) is 1. The van der Waals surface area contributed by atoms with Gasteiger partial charge in [-0.3, -0.25) is 4.68 Å². The smallest absolute Gasteiger partial charge is 0.0853 e. The molecule has 0 unspecified atom stereocenters. The molecule has 1 aromatic heterocycles. The van der Waals surface area contributed by atoms with Crippen LogP contribution in [0.5, 0.6) is 0 Å². The fourth-order valence-electron chi connectivity index (χ4n) is 1.54. The summed E-state index contributed by atoms with van der Waals surface area (Å²) in [4.78, 5) is 0. The molecule has 1 aromatic rings. The van der Waals surface area contributed by atoms with Crippen LogP contribution >= 0.6 is 0 Å². The molecule has 0 aliphatic rings. The van der Waals surface area contributed by atoms with Crippen molar-refractivity contribution in [3.8, 4) is 0 Å². The molecule has 0 atom stereocenters. The van der Waals surface area contributed by atoms with Gasteiger partial charge in [0.1, 0.15) is 0 Å². The van der Waals surface area contributed by atoms with Gasteiger partial charge >= 0.3 is 0 Å². The van der Waals surface area contributed by atoms with E-state index in [0.717, 1.165) is 43.8 Å². The van der Waals surface area contributed by atoms with Crippen molar-refractivity contribution in [2.24, 2.45) is 7.05 Å². The van der Waals surface area contributed by atoms with Gasteiger partial charge in [0.05, 0.1) is 11.4 Å². The van der Waals surface area contributed by atoms with E-state index in [1.54, 1.807) is 7.11 Å². The highest BCUT2D eigenvalue weighted by atomic mass is 16.5. The third kappa shape index (κ3) is 3.91. The normalized spacial score (nSPS) is 10.6. The molecule has 0 spiro atoms. The highest BCUT2D eigenvalue weighted by Crippen LogP contribution is 2.13. The van der Waals surface area contributed by atoms with Crippen LogP contribution in [-0.4, -0.2) is 30.0 Å². The van der Waals surface area contributed by atoms with Crippen molar-refractivity contribution in [2.75, 3.05) is 25.6 Å². The minimum atomic E-state index is 0.843. The first-order valence-corrected chi connectivity index (χ1v) is 5.53. The fraction of sp³-hybridized carbons (Fsp3) is 0.727. The molecule has 0 bridgehead atoms. The van der Waals surface area contributed by atoms with Crippen molar-refractivity contribution >= 4 is 5.69 Å². The topological polar surface area (TPSA) is 39.1 Å². The van der Waals surface area contributed by atoms with Gasteiger partial charge in [0.25, 0.3) is 0 Å². The molecule has 0 radical (unpaired) electrons. The Balaban J connectivity index is 2.30. The van der Waals surface area contributed by atoms with Gasteiger partial charge < -0.3 is 10.1 Å². The van der Waals surface area contributed by atoms with E-state index >= 15 is 0 Å². The number of nitrogens with one attached hydrogen (secondary N) is 1. The van der Waals surface area contributed by atoms with E-state index < -0.39 is 0 Å². The van der Waals surface area contributed by atoms with Gasteiger partial charge in [-0.15, -0.1) is 0 Å². The Morgan fingerprint density at radius 2 is 2.27 bits per heavy atom. The van der Waals surface area contributed by atoms with Crippen LogP contribution in [0, 0.1) is 0 Å². The summed E-state index contributed by atoms with van der Waals surface area (Å²) < 4.78 is 6.86. The summed E-state index contributed by atoms with van der Waals surface area (Å²) in [5.41, 5.74) is 2.31. The second-order valence-corrected chi connectivity index (χ2v) is 3.64. The van der Waals surface area contributed by atoms with Gasteiger partial charge in [0, 0.05) is 33.5 Å². The van der Waals surface area contributed by atoms with E-state index in [1.807, 2.05) is 17.9 Å². The van der Waals surface area contributed by atoms with Gasteiger partial charge in [0.2, 0.25) is 0 Å². The molecule has 86 valence electrons. The molecule has 0 saturated carbocycles. The quantitative estimate of drug-likeness (QED) is 0.699. The number of aromatic nitrogens is 2. The van der Waals surface area contributed by atoms with E-state index in [2.05, 4.69) is 17.3 Å². The zero-order chi connectivity index (χ0) is 11.1. The zero-order valence-electron chi connectivity index (χ0n) is 9.92. The summed E-state index contributed by atoms with van der Waals surface area (Å²) >= 11 is 0. The van der Waals surface area contributed by atoms with E-state index in [-0.39, 0.29) is 0 Å². The Labute approximate surface area is 91.6 Å². The largest absolute Gasteiger partial charge is 0.385 e. The van der Waals surface area contributed by atoms with E-state index in [0.29, 0.717) is 0 Å². The summed E-state index contributed by atoms with van der Waals surface area (Å²) in [6.45, 7) is 3.95. The molecule has 1 rings (SSSR count). The lowest BCUT2D eigenvalue weighted by molar-refractivity contribution is 0.194. The molecule has 0 aromatic carbocycles. The maximum Gasteiger partial charge on any atom is 0.0853 e. The van der Waals surface area contributed by atoms with Crippen LogP contribution in [0.3, 0.4) is 0 Å². The predicted octanol–water partition coefficient (Wildman–Crippen LogP) is 1.82. The van der Waals surface area contributed by atoms with Crippen molar-refractivity contribution in [1.29, 1.82) is 0 Å². The average Bonchev–Trinajstić information content (AvgIpc) is 2.59. The van der Waals surface area contributed by atoms with Crippen LogP contribution in [0.15, 0.2) is 6.20 Å². The van der Waals surface area contributed by atoms with Gasteiger partial charge in [-0.25, -0.2) is 0 Å². The number of aryl methyl sites for hydroxylation is 2. The molecule has 0 fully saturated rings. The predicted molar refractivity (Wildman–Crippen MR) is 62.2 cm³/mol. The lowest BCUT2D eigenvalue weighted by Crippen LogP contribution is -2.03. The molecule has 0 amide bonds. The summed E-state index contributed by atoms with van der Waals surface area (Å²) in [5.74, 6) is 0. The van der Waals surface area contributed by atoms with Crippen molar-refractivity contribution in [1.82, 2.24) is 9.78 Å². The third-order valence-electron chi connectivity index (χ3n) is 2.33. The molecule has 0 aliphatic carbocycles. The van der Waals surface area contributed by atoms with Crippen molar-refractivity contribution in [3.05, 3.63) is 11.9 Å². The molecule has 4 heteroatoms. The summed E-state index contributed by atoms with van der Waals surface area (Å²) in [5, 5.41) is 7.78. The Bertz CT molecular complexity index is 283. The number of rotatable bonds is 7. The lowest BCUT2D eigenvalue weighted by atomic mass is 10.3. The zero-order valence-corrected chi connectivity index (χ0v) is 9.92. The first-order chi connectivity index (χ1) is 7.27. The molecule has 1 heterocycles. The summed E-state index contributed by atoms with van der Waals surface area (Å²) in [7, 11) is 3.69. The molecular formula is C11H21N3O. The molecule has 4 nitrogen and oxygen atoms in total. The first-order valence-electron chi connectivity index (χ1n) is 5.53. The number of unbranched alkanes of at least 4 members (excludes halogenated alkanes) is 1. The number of ether oxygens (including phenoxy) is 1. The molecule has 0 saturated heterocycles. The maximum atomic E-state index is 5.00. The Kier molecular flexibility index (Phi) is 5.18. The van der Waals surface area contributed by atoms with Crippen molar-refractivity contribution in [3.63, 3.8) is 0 Å². The second kappa shape index (κ2) is 6.45. The maximum absolute atomic E-state index is 5.00. The van der Waals surface area contributed by atoms with Crippen LogP contribution < -0.4 is 5.32 Å². The minimum Gasteiger partial charge on any atom is -0.385 e. The van der Waals surface area contributed by atoms with Gasteiger partial charge in [-0.2, -0.15) is 5.10 Å². The molecule has 0 aliphatic heterocycles. The van der Waals surface area contributed by atoms with Crippen molar-refractivity contribution in [2.45, 2.75) is 26.2 Å². The van der Waals surface area contributed by atoms with Gasteiger partial charge in [0.15, 0.2) is 0 Å². The Hall–Kier alpha value is -1.03. The number of nitrogens with zero attached hydrogens (tertiary/aromatic N) is 2. The van der Waals surface area contributed by atoms with Crippen molar-refractivity contribution < 1.29 is 4.74 Å². The monoisotopic (exact) mass is 211 g/mol. The summed E-state index contributed by atoms with van der Waals surface area (Å²) in [6.07, 6.45) is 5.24. The molecule has 1 N–H and O–H groups in total. The molecule has 15 heavy (non-hydrogen) atoms. The van der Waals surface area contributed by atoms with Crippen LogP contribution in [0.4, 0.5) is 5.69 Å². The Morgan fingerprint density at radius 1 is 1.47 bits per heavy atom. The SMILES string of the molecule is CCc1nn(C)cc1NCCCCOC. The number of methoxy groups -OCH3 is 1. The first kappa shape index (κ1) is 12.0. The lowest BCUT2D eigenvalue weighted by Gasteiger charge is -2.04. The van der Waals surface area contributed by atoms with E-state index in [4.69, 9.17) is 4.74 Å². The fourth-order valence-corrected chi connectivity index (χ4v) is 1.54. The third-order valence-corrected chi connectivity index (χ3v) is 2.33. The standard InChI is InChI=1S/C11H21N3O/c1-4-10-11(9-14(2)13-10)12-7-5-6-8-15-3/h9,12H,4-8H2,1-3H3. The highest BCUT2D eigenvalue weighted by Gasteiger charge is 2.03. The second-order valence-electron chi connectivity index (χ2n) is 3.64. The minimum absolute atomic E-state index is 0.843. The van der Waals surface area contributed by atoms with Crippen LogP contribution in [-0.2, 0) is 18.2 Å². The van der Waals surface area contributed by atoms with Crippen LogP contribution in [0.2, 0.25) is 0 Å². The Morgan fingerprint density at radius 3 is 2.93 bits per heavy atom. The van der Waals surface area contributed by atoms with Crippen LogP contribution in [0.25, 0.3) is 0 Å². The van der Waals surface area contributed by atoms with Gasteiger partial charge in [-0.05, 0) is 19.3 Å². The van der Waals surface area contributed by atoms with Gasteiger partial charge in [-0.1, -0.05) is 6.92 Å². The number of anilines is 1. The van der Waals surface area contributed by atoms with E-state index in [9.17, 15) is 0 Å². The van der Waals surface area contributed by atoms with E-state index in [1.165, 1.54) is 0 Å². The van der Waals surface area contributed by atoms with Crippen LogP contribution in [0.1, 0.15) is 25.5 Å².